The van der Waals surface area contributed by atoms with Gasteiger partial charge in [-0.05, 0) is 168 Å². The predicted octanol–water partition coefficient (Wildman–Crippen LogP) is 10.3. The number of carbonyl (C=O) groups is 2. The lowest BCUT2D eigenvalue weighted by Crippen LogP contribution is -2.34. The normalized spacial score (nSPS) is 15.2. The number of carbonyl (C=O) groups excluding carboxylic acids is 2. The van der Waals surface area contributed by atoms with E-state index in [1.807, 2.05) is 36.1 Å². The van der Waals surface area contributed by atoms with Gasteiger partial charge >= 0.3 is 0 Å². The summed E-state index contributed by atoms with van der Waals surface area (Å²) in [6, 6.07) is 26.7. The SMILES string of the molecule is C[C@@H](Oc1nc(Br)cnc1N)c1cc(F)ccc1I.C[C@@H](Oc1nc(Br)cnc1N)c1ccccc1C(=O)N(Cc1cc(C#N)n(C)n1)C1CC1.C[C@H]1Oc2nc(cnc2N)-c2c(nn(C)c2C#N)CN(C2CC2)C(=O)c2ccc(F)cc21.Cn1nc(CNC2CC2)cc1C#N. The van der Waals surface area contributed by atoms with E-state index in [1.54, 1.807) is 62.8 Å². The van der Waals surface area contributed by atoms with Crippen molar-refractivity contribution in [2.24, 2.45) is 21.1 Å². The number of nitrogens with one attached hydrogen (secondary N) is 1. The van der Waals surface area contributed by atoms with Crippen molar-refractivity contribution in [1.29, 1.82) is 15.8 Å². The van der Waals surface area contributed by atoms with Crippen molar-refractivity contribution in [3.8, 4) is 47.1 Å². The van der Waals surface area contributed by atoms with E-state index in [2.05, 4.69) is 123 Å². The minimum absolute atomic E-state index is 0.0379. The molecule has 0 unspecified atom stereocenters. The fourth-order valence-electron chi connectivity index (χ4n) is 10.3. The lowest BCUT2D eigenvalue weighted by molar-refractivity contribution is 0.0715. The summed E-state index contributed by atoms with van der Waals surface area (Å²) >= 11 is 8.59. The first-order valence-electron chi connectivity index (χ1n) is 30.2. The van der Waals surface area contributed by atoms with Crippen LogP contribution in [-0.2, 0) is 40.8 Å². The lowest BCUT2D eigenvalue weighted by Gasteiger charge is -2.26. The average molecular weight is 1540 g/mol. The van der Waals surface area contributed by atoms with Crippen LogP contribution in [0.15, 0.2) is 101 Å². The number of hydrogen-bond acceptors (Lipinski definition) is 21. The molecule has 7 heterocycles. The van der Waals surface area contributed by atoms with Crippen LogP contribution < -0.4 is 36.7 Å². The first kappa shape index (κ1) is 69.1. The Morgan fingerprint density at radius 1 is 0.750 bits per heavy atom. The van der Waals surface area contributed by atoms with Crippen molar-refractivity contribution in [2.75, 3.05) is 17.2 Å². The number of ether oxygens (including phenoxy) is 3. The van der Waals surface area contributed by atoms with Gasteiger partial charge in [-0.2, -0.15) is 31.1 Å². The molecule has 6 aromatic heterocycles. The fraction of sp³-hybridized carbons (Fsp3) is 0.323. The molecule has 3 saturated carbocycles. The van der Waals surface area contributed by atoms with Gasteiger partial charge in [-0.1, -0.05) is 18.2 Å². The van der Waals surface area contributed by atoms with Crippen molar-refractivity contribution < 1.29 is 32.6 Å². The van der Waals surface area contributed by atoms with Crippen LogP contribution in [0.5, 0.6) is 17.6 Å². The molecule has 3 aliphatic carbocycles. The minimum Gasteiger partial charge on any atom is -0.467 e. The van der Waals surface area contributed by atoms with Crippen LogP contribution in [0.3, 0.4) is 0 Å². The zero-order chi connectivity index (χ0) is 68.6. The third kappa shape index (κ3) is 16.8. The van der Waals surface area contributed by atoms with Crippen molar-refractivity contribution in [3.05, 3.63) is 178 Å². The zero-order valence-electron chi connectivity index (χ0n) is 52.8. The lowest BCUT2D eigenvalue weighted by atomic mass is 10.0. The molecule has 26 nitrogen and oxygen atoms in total. The second-order valence-electron chi connectivity index (χ2n) is 22.9. The van der Waals surface area contributed by atoms with Gasteiger partial charge in [0.2, 0.25) is 0 Å². The third-order valence-corrected chi connectivity index (χ3v) is 17.4. The number of benzene rings is 3. The Kier molecular flexibility index (Phi) is 21.8. The van der Waals surface area contributed by atoms with Gasteiger partial charge in [0.15, 0.2) is 17.5 Å². The number of nitrogen functional groups attached to an aromatic ring is 3. The number of anilines is 3. The number of amides is 2. The van der Waals surface area contributed by atoms with E-state index in [0.29, 0.717) is 78.2 Å². The van der Waals surface area contributed by atoms with Crippen LogP contribution in [-0.4, -0.2) is 99.0 Å². The number of fused-ring (bicyclic) bond motifs is 5. The van der Waals surface area contributed by atoms with Crippen LogP contribution in [0.4, 0.5) is 26.2 Å². The first-order valence-corrected chi connectivity index (χ1v) is 32.9. The number of aromatic nitrogens is 12. The Balaban J connectivity index is 0.000000147. The Labute approximate surface area is 581 Å². The van der Waals surface area contributed by atoms with E-state index in [4.69, 9.17) is 36.7 Å². The summed E-state index contributed by atoms with van der Waals surface area (Å²) in [4.78, 5) is 55.8. The van der Waals surface area contributed by atoms with E-state index < -0.39 is 18.0 Å². The molecule has 3 atom stereocenters. The maximum Gasteiger partial charge on any atom is 0.258 e. The molecule has 2 bridgehead atoms. The van der Waals surface area contributed by atoms with E-state index in [-0.39, 0.29) is 77.5 Å². The monoisotopic (exact) mass is 1540 g/mol. The smallest absolute Gasteiger partial charge is 0.258 e. The molecule has 494 valence electrons. The molecule has 9 aromatic rings. The number of nitriles is 3. The number of hydrogen-bond donors (Lipinski definition) is 4. The zero-order valence-corrected chi connectivity index (χ0v) is 58.1. The van der Waals surface area contributed by atoms with Gasteiger partial charge in [-0.15, -0.1) is 0 Å². The van der Waals surface area contributed by atoms with Crippen LogP contribution in [0, 0.1) is 49.2 Å². The quantitative estimate of drug-likeness (QED) is 0.0735. The summed E-state index contributed by atoms with van der Waals surface area (Å²) in [5.41, 5.74) is 24.7. The van der Waals surface area contributed by atoms with E-state index in [1.165, 1.54) is 71.1 Å². The maximum absolute atomic E-state index is 14.1. The van der Waals surface area contributed by atoms with Gasteiger partial charge in [0.25, 0.3) is 29.5 Å². The largest absolute Gasteiger partial charge is 0.467 e. The molecule has 0 spiro atoms. The second kappa shape index (κ2) is 30.3. The molecule has 3 fully saturated rings. The topological polar surface area (TPSA) is 361 Å². The van der Waals surface area contributed by atoms with Crippen LogP contribution in [0.1, 0.15) is 149 Å². The average Bonchev–Trinajstić information content (AvgIpc) is 1.52. The highest BCUT2D eigenvalue weighted by atomic mass is 127. The molecule has 0 saturated heterocycles. The summed E-state index contributed by atoms with van der Waals surface area (Å²) in [6.07, 6.45) is 9.03. The van der Waals surface area contributed by atoms with Crippen LogP contribution >= 0.6 is 54.5 Å². The predicted molar refractivity (Wildman–Crippen MR) is 362 cm³/mol. The molecular formula is C65H64Br2F2IN21O5. The number of rotatable bonds is 14. The molecule has 96 heavy (non-hydrogen) atoms. The van der Waals surface area contributed by atoms with Gasteiger partial charge in [0.05, 0.1) is 60.0 Å². The van der Waals surface area contributed by atoms with Gasteiger partial charge < -0.3 is 46.5 Å². The highest BCUT2D eigenvalue weighted by Gasteiger charge is 2.38. The number of halogens is 5. The Hall–Kier alpha value is -9.75. The molecule has 2 amide bonds. The standard InChI is InChI=1S/C22H22BrN7O2.C22H20FN7O2.C12H10BrFIN3O.C9H12N4/c1-13(32-21-20(25)26-11-19(23)27-21)17-5-3-4-6-18(17)22(31)30(15-7-8-15)12-14-9-16(10-24)29(2)28-14;1-11-15-7-12(23)3-6-14(15)22(31)30(13-4-5-13)10-17-19(18(8-24)29(2)28-17)16-9-26-20(25)21(27-16)32-11;1-6(8-4-7(14)2-3-9(8)15)19-12-11(16)17-5-10(13)18-12;1-13-9(5-10)4-8(12-13)6-11-7-2-3-7/h3-6,9,11,13,15H,7-8,12H2,1-2H3,(H2,25,26);3,6-7,9,11,13H,4-5,10H2,1-2H3,(H2,25,26);2-6H,1H3,(H2,16,17);4,7,11H,2-3,6H2,1H3/t13-;11-;6-;/m111./s1. The molecule has 1 aliphatic heterocycles. The Bertz CT molecular complexity index is 4520. The third-order valence-electron chi connectivity index (χ3n) is 15.7. The fourth-order valence-corrected chi connectivity index (χ4v) is 11.6. The molecular weight excluding hydrogens is 1480 g/mol. The number of nitrogens with zero attached hydrogens (tertiary/aromatic N) is 17. The van der Waals surface area contributed by atoms with Gasteiger partial charge in [-0.25, -0.2) is 38.7 Å². The van der Waals surface area contributed by atoms with Gasteiger partial charge in [0, 0.05) is 77.2 Å². The maximum atomic E-state index is 14.1. The molecule has 13 rings (SSSR count). The Morgan fingerprint density at radius 2 is 1.34 bits per heavy atom. The summed E-state index contributed by atoms with van der Waals surface area (Å²) in [5.74, 6) is -0.246. The highest BCUT2D eigenvalue weighted by Crippen LogP contribution is 2.38. The minimum atomic E-state index is -0.721. The van der Waals surface area contributed by atoms with E-state index >= 15 is 0 Å². The molecule has 3 aromatic carbocycles. The summed E-state index contributed by atoms with van der Waals surface area (Å²) < 4.78 is 51.5. The summed E-state index contributed by atoms with van der Waals surface area (Å²) in [6.45, 7) is 6.64. The first-order chi connectivity index (χ1) is 46.0. The summed E-state index contributed by atoms with van der Waals surface area (Å²) in [7, 11) is 5.17. The molecule has 4 aliphatic rings. The van der Waals surface area contributed by atoms with E-state index in [0.717, 1.165) is 52.6 Å². The molecule has 0 radical (unpaired) electrons. The van der Waals surface area contributed by atoms with Crippen molar-refractivity contribution in [3.63, 3.8) is 0 Å². The van der Waals surface area contributed by atoms with Crippen LogP contribution in [0.25, 0.3) is 11.3 Å². The molecule has 31 heteroatoms. The van der Waals surface area contributed by atoms with Crippen molar-refractivity contribution >= 4 is 83.7 Å². The molecule has 7 N–H and O–H groups in total. The van der Waals surface area contributed by atoms with E-state index in [9.17, 15) is 28.9 Å². The number of nitrogens with two attached hydrogens (primary N) is 3. The number of aryl methyl sites for hydroxylation is 3. The highest BCUT2D eigenvalue weighted by molar-refractivity contribution is 14.1. The summed E-state index contributed by atoms with van der Waals surface area (Å²) in [5, 5.41) is 44.1. The van der Waals surface area contributed by atoms with Crippen molar-refractivity contribution in [2.45, 2.75) is 115 Å². The van der Waals surface area contributed by atoms with Crippen molar-refractivity contribution in [1.82, 2.24) is 74.4 Å². The Morgan fingerprint density at radius 3 is 1.95 bits per heavy atom. The second-order valence-corrected chi connectivity index (χ2v) is 25.7. The van der Waals surface area contributed by atoms with Crippen LogP contribution in [0.2, 0.25) is 0 Å². The van der Waals surface area contributed by atoms with Gasteiger partial charge in [0.1, 0.15) is 74.4 Å². The van der Waals surface area contributed by atoms with Gasteiger partial charge in [-0.3, -0.25) is 23.6 Å².